The minimum atomic E-state index is -0.0220. The number of carbonyl (C=O) groups is 1. The summed E-state index contributed by atoms with van der Waals surface area (Å²) in [6.45, 7) is 5.58. The second-order valence-electron chi connectivity index (χ2n) is 8.62. The van der Waals surface area contributed by atoms with Crippen LogP contribution in [0.25, 0.3) is 0 Å². The summed E-state index contributed by atoms with van der Waals surface area (Å²) in [4.78, 5) is 15.1. The fourth-order valence-electron chi connectivity index (χ4n) is 4.85. The van der Waals surface area contributed by atoms with Gasteiger partial charge in [-0.15, -0.1) is 0 Å². The predicted octanol–water partition coefficient (Wildman–Crippen LogP) is 4.46. The summed E-state index contributed by atoms with van der Waals surface area (Å²) in [7, 11) is 3.73. The van der Waals surface area contributed by atoms with Gasteiger partial charge in [-0.2, -0.15) is 0 Å². The largest absolute Gasteiger partial charge is 0.492 e. The molecule has 1 aromatic rings. The van der Waals surface area contributed by atoms with Crippen LogP contribution in [0.4, 0.5) is 0 Å². The van der Waals surface area contributed by atoms with Crippen LogP contribution in [-0.4, -0.2) is 38.2 Å². The molecule has 0 saturated carbocycles. The van der Waals surface area contributed by atoms with Crippen LogP contribution in [0.15, 0.2) is 29.9 Å². The summed E-state index contributed by atoms with van der Waals surface area (Å²) in [6.07, 6.45) is 9.72. The highest BCUT2D eigenvalue weighted by atomic mass is 16.7. The maximum atomic E-state index is 12.9. The maximum absolute atomic E-state index is 12.9. The van der Waals surface area contributed by atoms with Crippen molar-refractivity contribution in [3.63, 3.8) is 0 Å². The molecule has 1 aliphatic carbocycles. The molecular formula is C24H31NO4. The first-order valence-electron chi connectivity index (χ1n) is 10.5. The highest BCUT2D eigenvalue weighted by Gasteiger charge is 2.34. The summed E-state index contributed by atoms with van der Waals surface area (Å²) < 4.78 is 17.0. The van der Waals surface area contributed by atoms with Crippen LogP contribution in [-0.2, 0) is 11.2 Å². The Bertz CT molecular complexity index is 857. The van der Waals surface area contributed by atoms with E-state index >= 15 is 0 Å². The van der Waals surface area contributed by atoms with Crippen LogP contribution in [0.3, 0.4) is 0 Å². The number of likely N-dealkylation sites (N-methyl/N-ethyl adjacent to an activating group) is 1. The van der Waals surface area contributed by atoms with Crippen molar-refractivity contribution in [2.75, 3.05) is 27.5 Å². The lowest BCUT2D eigenvalue weighted by Crippen LogP contribution is -2.33. The fourth-order valence-corrected chi connectivity index (χ4v) is 4.85. The SMILES string of the molecule is COc1c2c(cc3c1[C@@H](CC(=O)/C=C/[C@@H]1CC=C(C)C[C@H]1C)N(C)CC3)OCO2. The zero-order valence-electron chi connectivity index (χ0n) is 17.9. The number of carbonyl (C=O) groups excluding carboxylic acids is 1. The van der Waals surface area contributed by atoms with Gasteiger partial charge in [0.2, 0.25) is 12.5 Å². The van der Waals surface area contributed by atoms with Crippen molar-refractivity contribution in [3.8, 4) is 17.2 Å². The average molecular weight is 398 g/mol. The van der Waals surface area contributed by atoms with E-state index in [2.05, 4.69) is 44.0 Å². The summed E-state index contributed by atoms with van der Waals surface area (Å²) in [5, 5.41) is 0. The van der Waals surface area contributed by atoms with E-state index in [0.717, 1.165) is 37.1 Å². The smallest absolute Gasteiger partial charge is 0.231 e. The van der Waals surface area contributed by atoms with E-state index in [-0.39, 0.29) is 18.6 Å². The van der Waals surface area contributed by atoms with Gasteiger partial charge in [0.05, 0.1) is 7.11 Å². The third-order valence-corrected chi connectivity index (χ3v) is 6.58. The van der Waals surface area contributed by atoms with E-state index in [4.69, 9.17) is 14.2 Å². The van der Waals surface area contributed by atoms with Gasteiger partial charge in [-0.25, -0.2) is 0 Å². The molecule has 0 radical (unpaired) electrons. The van der Waals surface area contributed by atoms with Gasteiger partial charge in [-0.1, -0.05) is 24.6 Å². The highest BCUT2D eigenvalue weighted by Crippen LogP contribution is 2.50. The third kappa shape index (κ3) is 3.93. The van der Waals surface area contributed by atoms with Gasteiger partial charge in [0.15, 0.2) is 17.3 Å². The molecule has 0 spiro atoms. The molecule has 0 aromatic heterocycles. The number of methoxy groups -OCH3 is 1. The third-order valence-electron chi connectivity index (χ3n) is 6.58. The molecule has 4 rings (SSSR count). The molecule has 2 heterocycles. The zero-order chi connectivity index (χ0) is 20.5. The molecule has 156 valence electrons. The second-order valence-corrected chi connectivity index (χ2v) is 8.62. The molecule has 0 amide bonds. The van der Waals surface area contributed by atoms with Gasteiger partial charge in [0, 0.05) is 24.6 Å². The molecule has 1 aromatic carbocycles. The number of benzene rings is 1. The van der Waals surface area contributed by atoms with E-state index < -0.39 is 0 Å². The summed E-state index contributed by atoms with van der Waals surface area (Å²) in [5.41, 5.74) is 3.71. The van der Waals surface area contributed by atoms with Crippen molar-refractivity contribution in [2.24, 2.45) is 11.8 Å². The van der Waals surface area contributed by atoms with Crippen LogP contribution >= 0.6 is 0 Å². The normalized spacial score (nSPS) is 26.3. The van der Waals surface area contributed by atoms with Crippen molar-refractivity contribution in [1.82, 2.24) is 4.90 Å². The molecule has 2 aliphatic heterocycles. The lowest BCUT2D eigenvalue weighted by Gasteiger charge is -2.35. The summed E-state index contributed by atoms with van der Waals surface area (Å²) in [5.74, 6) is 3.31. The number of rotatable bonds is 5. The van der Waals surface area contributed by atoms with Gasteiger partial charge in [0.1, 0.15) is 0 Å². The Morgan fingerprint density at radius 3 is 2.97 bits per heavy atom. The number of nitrogens with zero attached hydrogens (tertiary/aromatic N) is 1. The molecule has 3 atom stereocenters. The molecule has 0 fully saturated rings. The van der Waals surface area contributed by atoms with E-state index in [0.29, 0.717) is 29.8 Å². The Balaban J connectivity index is 1.55. The zero-order valence-corrected chi connectivity index (χ0v) is 17.9. The van der Waals surface area contributed by atoms with Crippen LogP contribution < -0.4 is 14.2 Å². The number of allylic oxidation sites excluding steroid dienone is 4. The topological polar surface area (TPSA) is 48.0 Å². The first-order valence-corrected chi connectivity index (χ1v) is 10.5. The maximum Gasteiger partial charge on any atom is 0.231 e. The molecule has 0 bridgehead atoms. The predicted molar refractivity (Wildman–Crippen MR) is 113 cm³/mol. The fraction of sp³-hybridized carbons (Fsp3) is 0.542. The first kappa shape index (κ1) is 20.0. The van der Waals surface area contributed by atoms with Crippen molar-refractivity contribution in [2.45, 2.75) is 45.6 Å². The molecule has 29 heavy (non-hydrogen) atoms. The van der Waals surface area contributed by atoms with Crippen molar-refractivity contribution in [3.05, 3.63) is 41.0 Å². The minimum absolute atomic E-state index is 0.0220. The monoisotopic (exact) mass is 397 g/mol. The standard InChI is InChI=1S/C24H31NO4/c1-15-5-6-17(16(2)11-15)7-8-19(26)13-20-22-18(9-10-25(20)3)12-21-23(24(22)27-4)29-14-28-21/h5,7-8,12,16-17,20H,6,9-11,13-14H2,1-4H3/b8-7+/t16-,17+,20-/m1/s1. The molecule has 0 N–H and O–H groups in total. The minimum Gasteiger partial charge on any atom is -0.492 e. The lowest BCUT2D eigenvalue weighted by atomic mass is 9.81. The second kappa shape index (κ2) is 8.23. The highest BCUT2D eigenvalue weighted by molar-refractivity contribution is 5.90. The molecule has 0 saturated heterocycles. The Kier molecular flexibility index (Phi) is 5.68. The molecular weight excluding hydrogens is 366 g/mol. The van der Waals surface area contributed by atoms with Crippen LogP contribution in [0.2, 0.25) is 0 Å². The van der Waals surface area contributed by atoms with Gasteiger partial charge >= 0.3 is 0 Å². The number of hydrogen-bond donors (Lipinski definition) is 0. The number of ether oxygens (including phenoxy) is 3. The van der Waals surface area contributed by atoms with Gasteiger partial charge in [0.25, 0.3) is 0 Å². The van der Waals surface area contributed by atoms with Crippen molar-refractivity contribution < 1.29 is 19.0 Å². The number of hydrogen-bond acceptors (Lipinski definition) is 5. The molecule has 3 aliphatic rings. The summed E-state index contributed by atoms with van der Waals surface area (Å²) >= 11 is 0. The van der Waals surface area contributed by atoms with Crippen LogP contribution in [0, 0.1) is 11.8 Å². The number of ketones is 1. The summed E-state index contributed by atoms with van der Waals surface area (Å²) in [6, 6.07) is 2.03. The Labute approximate surface area is 173 Å². The molecule has 5 heteroatoms. The lowest BCUT2D eigenvalue weighted by molar-refractivity contribution is -0.115. The van der Waals surface area contributed by atoms with Gasteiger partial charge in [-0.05, 0) is 62.8 Å². The van der Waals surface area contributed by atoms with Gasteiger partial charge < -0.3 is 14.2 Å². The van der Waals surface area contributed by atoms with E-state index in [1.165, 1.54) is 11.1 Å². The average Bonchev–Trinajstić information content (AvgIpc) is 3.16. The molecule has 0 unspecified atom stereocenters. The van der Waals surface area contributed by atoms with Crippen LogP contribution in [0.5, 0.6) is 17.2 Å². The van der Waals surface area contributed by atoms with Gasteiger partial charge in [-0.3, -0.25) is 9.69 Å². The van der Waals surface area contributed by atoms with E-state index in [1.54, 1.807) is 13.2 Å². The Morgan fingerprint density at radius 1 is 1.38 bits per heavy atom. The van der Waals surface area contributed by atoms with E-state index in [9.17, 15) is 4.79 Å². The Hall–Kier alpha value is -2.27. The molecule has 5 nitrogen and oxygen atoms in total. The van der Waals surface area contributed by atoms with Crippen molar-refractivity contribution in [1.29, 1.82) is 0 Å². The van der Waals surface area contributed by atoms with E-state index in [1.807, 2.05) is 0 Å². The quantitative estimate of drug-likeness (QED) is 0.542. The Morgan fingerprint density at radius 2 is 2.21 bits per heavy atom. The number of fused-ring (bicyclic) bond motifs is 2. The first-order chi connectivity index (χ1) is 14.0. The van der Waals surface area contributed by atoms with Crippen LogP contribution in [0.1, 0.15) is 50.3 Å². The van der Waals surface area contributed by atoms with Crippen molar-refractivity contribution >= 4 is 5.78 Å².